The van der Waals surface area contributed by atoms with E-state index in [-0.39, 0.29) is 5.41 Å². The van der Waals surface area contributed by atoms with Gasteiger partial charge in [0.2, 0.25) is 0 Å². The maximum Gasteiger partial charge on any atom is 0.159 e. The number of para-hydroxylation sites is 3. The van der Waals surface area contributed by atoms with Crippen molar-refractivity contribution >= 4 is 44.9 Å². The topological polar surface area (TPSA) is 15.7 Å². The summed E-state index contributed by atoms with van der Waals surface area (Å²) in [5.41, 5.74) is 13.7. The van der Waals surface area contributed by atoms with Crippen LogP contribution in [0.3, 0.4) is 0 Å². The van der Waals surface area contributed by atoms with Gasteiger partial charge in [0.25, 0.3) is 0 Å². The van der Waals surface area contributed by atoms with E-state index >= 15 is 0 Å². The van der Waals surface area contributed by atoms with Crippen molar-refractivity contribution in [1.29, 1.82) is 0 Å². The van der Waals surface area contributed by atoms with E-state index in [1.165, 1.54) is 38.7 Å². The number of nitrogens with zero attached hydrogens (tertiary/aromatic N) is 2. The van der Waals surface area contributed by atoms with E-state index in [1.807, 2.05) is 0 Å². The highest BCUT2D eigenvalue weighted by molar-refractivity contribution is 6.00. The zero-order chi connectivity index (χ0) is 34.8. The third-order valence-electron chi connectivity index (χ3n) is 10.8. The third kappa shape index (κ3) is 4.66. The van der Waals surface area contributed by atoms with Gasteiger partial charge < -0.3 is 14.5 Å². The lowest BCUT2D eigenvalue weighted by Crippen LogP contribution is -2.32. The fourth-order valence-corrected chi connectivity index (χ4v) is 8.23. The number of anilines is 6. The SMILES string of the molecule is CC1(C)c2ccccc2N2c3ccccc3Oc3c(-c4ccc(N(c5ccc(-c6ccccc6)cc5)c5cccc6ccccc56)cc4)ccc1c32. The van der Waals surface area contributed by atoms with Crippen molar-refractivity contribution in [3.05, 3.63) is 193 Å². The van der Waals surface area contributed by atoms with Gasteiger partial charge in [-0.25, -0.2) is 0 Å². The molecule has 2 aliphatic heterocycles. The van der Waals surface area contributed by atoms with Crippen molar-refractivity contribution in [2.24, 2.45) is 0 Å². The van der Waals surface area contributed by atoms with Crippen molar-refractivity contribution in [3.8, 4) is 33.8 Å². The summed E-state index contributed by atoms with van der Waals surface area (Å²) in [4.78, 5) is 4.77. The van der Waals surface area contributed by atoms with Crippen molar-refractivity contribution in [3.63, 3.8) is 0 Å². The molecule has 8 aromatic rings. The summed E-state index contributed by atoms with van der Waals surface area (Å²) in [6, 6.07) is 65.3. The Morgan fingerprint density at radius 1 is 0.481 bits per heavy atom. The predicted octanol–water partition coefficient (Wildman–Crippen LogP) is 13.9. The Morgan fingerprint density at radius 3 is 1.88 bits per heavy atom. The van der Waals surface area contributed by atoms with Gasteiger partial charge in [0, 0.05) is 27.7 Å². The molecule has 0 saturated heterocycles. The van der Waals surface area contributed by atoms with Crippen LogP contribution in [0.2, 0.25) is 0 Å². The van der Waals surface area contributed by atoms with E-state index < -0.39 is 0 Å². The monoisotopic (exact) mass is 668 g/mol. The zero-order valence-electron chi connectivity index (χ0n) is 29.1. The minimum atomic E-state index is -0.190. The second-order valence-corrected chi connectivity index (χ2v) is 14.2. The summed E-state index contributed by atoms with van der Waals surface area (Å²) in [5.74, 6) is 1.76. The number of hydrogen-bond acceptors (Lipinski definition) is 3. The van der Waals surface area contributed by atoms with E-state index in [0.717, 1.165) is 51.1 Å². The van der Waals surface area contributed by atoms with Gasteiger partial charge in [-0.3, -0.25) is 0 Å². The number of benzene rings is 8. The van der Waals surface area contributed by atoms with Crippen molar-refractivity contribution in [2.75, 3.05) is 9.80 Å². The summed E-state index contributed by atoms with van der Waals surface area (Å²) >= 11 is 0. The minimum Gasteiger partial charge on any atom is -0.452 e. The highest BCUT2D eigenvalue weighted by atomic mass is 16.5. The first kappa shape index (κ1) is 30.3. The molecule has 3 heteroatoms. The molecule has 2 heterocycles. The molecular formula is C49H36N2O. The van der Waals surface area contributed by atoms with Gasteiger partial charge in [-0.05, 0) is 81.7 Å². The highest BCUT2D eigenvalue weighted by Gasteiger charge is 2.42. The van der Waals surface area contributed by atoms with Crippen LogP contribution in [-0.2, 0) is 5.41 Å². The first-order valence-electron chi connectivity index (χ1n) is 17.9. The molecule has 0 aromatic heterocycles. The van der Waals surface area contributed by atoms with Gasteiger partial charge in [-0.2, -0.15) is 0 Å². The Kier molecular flexibility index (Phi) is 6.84. The molecule has 3 nitrogen and oxygen atoms in total. The fourth-order valence-electron chi connectivity index (χ4n) is 8.23. The van der Waals surface area contributed by atoms with E-state index in [4.69, 9.17) is 4.74 Å². The Balaban J connectivity index is 1.11. The molecule has 8 aromatic carbocycles. The smallest absolute Gasteiger partial charge is 0.159 e. The molecule has 0 N–H and O–H groups in total. The van der Waals surface area contributed by atoms with Crippen LogP contribution >= 0.6 is 0 Å². The predicted molar refractivity (Wildman–Crippen MR) is 216 cm³/mol. The molecule has 0 radical (unpaired) electrons. The molecule has 0 aliphatic carbocycles. The van der Waals surface area contributed by atoms with Crippen LogP contribution in [0.4, 0.5) is 34.1 Å². The van der Waals surface area contributed by atoms with Crippen molar-refractivity contribution < 1.29 is 4.74 Å². The summed E-state index contributed by atoms with van der Waals surface area (Å²) in [7, 11) is 0. The first-order valence-corrected chi connectivity index (χ1v) is 17.9. The van der Waals surface area contributed by atoms with Gasteiger partial charge in [0.05, 0.1) is 22.7 Å². The summed E-state index contributed by atoms with van der Waals surface area (Å²) in [6.07, 6.45) is 0. The normalized spacial score (nSPS) is 13.5. The summed E-state index contributed by atoms with van der Waals surface area (Å²) < 4.78 is 6.88. The number of ether oxygens (including phenoxy) is 1. The molecule has 0 atom stereocenters. The first-order chi connectivity index (χ1) is 25.6. The molecule has 0 spiro atoms. The van der Waals surface area contributed by atoms with Crippen LogP contribution in [0.25, 0.3) is 33.0 Å². The number of rotatable bonds is 5. The van der Waals surface area contributed by atoms with Crippen LogP contribution in [-0.4, -0.2) is 0 Å². The molecule has 10 rings (SSSR count). The Morgan fingerprint density at radius 2 is 1.10 bits per heavy atom. The largest absolute Gasteiger partial charge is 0.452 e. The molecule has 0 amide bonds. The molecule has 2 aliphatic rings. The van der Waals surface area contributed by atoms with Crippen molar-refractivity contribution in [1.82, 2.24) is 0 Å². The Bertz CT molecular complexity index is 2620. The quantitative estimate of drug-likeness (QED) is 0.182. The highest BCUT2D eigenvalue weighted by Crippen LogP contribution is 2.61. The van der Waals surface area contributed by atoms with Gasteiger partial charge in [0.1, 0.15) is 0 Å². The fraction of sp³-hybridized carbons (Fsp3) is 0.0612. The standard InChI is InChI=1S/C49H36N2O/c1-49(2)41-18-8-9-19-44(41)51-45-20-10-11-22-46(45)52-48-40(31-32-42(49)47(48)51)36-25-29-38(30-26-36)50(43-21-12-16-35-15-6-7-17-39(35)43)37-27-23-34(24-28-37)33-13-4-3-5-14-33/h3-32H,1-2H3. The molecule has 52 heavy (non-hydrogen) atoms. The molecule has 0 unspecified atom stereocenters. The summed E-state index contributed by atoms with van der Waals surface area (Å²) in [5, 5.41) is 2.41. The van der Waals surface area contributed by atoms with E-state index in [1.54, 1.807) is 0 Å². The van der Waals surface area contributed by atoms with Crippen LogP contribution in [0, 0.1) is 0 Å². The lowest BCUT2D eigenvalue weighted by atomic mass is 9.72. The average Bonchev–Trinajstić information content (AvgIpc) is 3.20. The maximum absolute atomic E-state index is 6.88. The lowest BCUT2D eigenvalue weighted by Gasteiger charge is -2.45. The van der Waals surface area contributed by atoms with Gasteiger partial charge in [-0.1, -0.05) is 147 Å². The molecule has 0 bridgehead atoms. The molecule has 0 saturated carbocycles. The third-order valence-corrected chi connectivity index (χ3v) is 10.8. The number of fused-ring (bicyclic) bond motifs is 5. The summed E-state index contributed by atoms with van der Waals surface area (Å²) in [6.45, 7) is 4.64. The van der Waals surface area contributed by atoms with Crippen molar-refractivity contribution in [2.45, 2.75) is 19.3 Å². The van der Waals surface area contributed by atoms with Gasteiger partial charge in [-0.15, -0.1) is 0 Å². The lowest BCUT2D eigenvalue weighted by molar-refractivity contribution is 0.473. The van der Waals surface area contributed by atoms with Crippen LogP contribution in [0.1, 0.15) is 25.0 Å². The average molecular weight is 669 g/mol. The van der Waals surface area contributed by atoms with E-state index in [0.29, 0.717) is 0 Å². The van der Waals surface area contributed by atoms with Gasteiger partial charge in [0.15, 0.2) is 11.5 Å². The number of hydrogen-bond donors (Lipinski definition) is 0. The van der Waals surface area contributed by atoms with Crippen LogP contribution in [0.15, 0.2) is 182 Å². The molecule has 248 valence electrons. The molecular weight excluding hydrogens is 633 g/mol. The maximum atomic E-state index is 6.88. The van der Waals surface area contributed by atoms with Crippen LogP contribution in [0.5, 0.6) is 11.5 Å². The van der Waals surface area contributed by atoms with E-state index in [9.17, 15) is 0 Å². The minimum absolute atomic E-state index is 0.190. The Hall–Kier alpha value is -6.58. The second-order valence-electron chi connectivity index (χ2n) is 14.2. The van der Waals surface area contributed by atoms with Crippen LogP contribution < -0.4 is 14.5 Å². The molecule has 0 fully saturated rings. The zero-order valence-corrected chi connectivity index (χ0v) is 29.1. The second kappa shape index (κ2) is 11.8. The van der Waals surface area contributed by atoms with Gasteiger partial charge >= 0.3 is 0 Å². The Labute approximate surface area is 304 Å². The van der Waals surface area contributed by atoms with E-state index in [2.05, 4.69) is 206 Å².